The summed E-state index contributed by atoms with van der Waals surface area (Å²) in [6.45, 7) is 2.03. The van der Waals surface area contributed by atoms with Crippen molar-refractivity contribution in [3.63, 3.8) is 0 Å². The van der Waals surface area contributed by atoms with Crippen LogP contribution in [0.25, 0.3) is 21.9 Å². The Labute approximate surface area is 193 Å². The molecular weight excluding hydrogens is 474 g/mol. The zero-order valence-corrected chi connectivity index (χ0v) is 19.3. The van der Waals surface area contributed by atoms with Crippen molar-refractivity contribution in [1.82, 2.24) is 0 Å². The minimum atomic E-state index is -0.442. The minimum absolute atomic E-state index is 0.175. The molecule has 4 nitrogen and oxygen atoms in total. The average molecular weight is 494 g/mol. The molecule has 1 aromatic heterocycles. The van der Waals surface area contributed by atoms with Gasteiger partial charge in [0.2, 0.25) is 5.91 Å². The molecule has 156 valence electrons. The van der Waals surface area contributed by atoms with Crippen LogP contribution in [0.4, 0.5) is 5.00 Å². The number of anilines is 1. The summed E-state index contributed by atoms with van der Waals surface area (Å²) in [6.07, 6.45) is 0.217. The molecule has 1 amide bonds. The van der Waals surface area contributed by atoms with Gasteiger partial charge in [-0.1, -0.05) is 70.5 Å². The van der Waals surface area contributed by atoms with E-state index in [4.69, 9.17) is 4.74 Å². The van der Waals surface area contributed by atoms with Gasteiger partial charge in [-0.15, -0.1) is 11.3 Å². The van der Waals surface area contributed by atoms with Crippen molar-refractivity contribution in [1.29, 1.82) is 0 Å². The summed E-state index contributed by atoms with van der Waals surface area (Å²) in [5.41, 5.74) is 2.96. The number of rotatable bonds is 6. The van der Waals surface area contributed by atoms with E-state index in [2.05, 4.69) is 21.2 Å². The Morgan fingerprint density at radius 2 is 1.74 bits per heavy atom. The molecule has 0 spiro atoms. The molecule has 0 radical (unpaired) electrons. The van der Waals surface area contributed by atoms with Crippen LogP contribution >= 0.6 is 27.3 Å². The van der Waals surface area contributed by atoms with Gasteiger partial charge in [0.15, 0.2) is 0 Å². The normalized spacial score (nSPS) is 10.8. The average Bonchev–Trinajstić information content (AvgIpc) is 3.18. The highest BCUT2D eigenvalue weighted by molar-refractivity contribution is 9.10. The summed E-state index contributed by atoms with van der Waals surface area (Å²) >= 11 is 4.76. The quantitative estimate of drug-likeness (QED) is 0.304. The molecule has 0 unspecified atom stereocenters. The van der Waals surface area contributed by atoms with Crippen LogP contribution in [0.3, 0.4) is 0 Å². The highest BCUT2D eigenvalue weighted by atomic mass is 79.9. The lowest BCUT2D eigenvalue weighted by Gasteiger charge is -2.10. The molecule has 4 rings (SSSR count). The van der Waals surface area contributed by atoms with E-state index in [1.165, 1.54) is 11.3 Å². The zero-order valence-electron chi connectivity index (χ0n) is 16.9. The van der Waals surface area contributed by atoms with Crippen LogP contribution < -0.4 is 5.32 Å². The topological polar surface area (TPSA) is 55.4 Å². The summed E-state index contributed by atoms with van der Waals surface area (Å²) in [5.74, 6) is -0.617. The standard InChI is InChI=1S/C25H20BrNO3S/c1-2-30-25(29)23-21(17-10-12-19(26)13-11-17)15-31-24(23)27-22(28)14-18-8-5-7-16-6-3-4-9-20(16)18/h3-13,15H,2,14H2,1H3,(H,27,28). The fourth-order valence-electron chi connectivity index (χ4n) is 3.49. The molecule has 1 N–H and O–H groups in total. The lowest BCUT2D eigenvalue weighted by Crippen LogP contribution is -2.16. The number of hydrogen-bond donors (Lipinski definition) is 1. The first-order valence-corrected chi connectivity index (χ1v) is 11.5. The van der Waals surface area contributed by atoms with E-state index < -0.39 is 5.97 Å². The van der Waals surface area contributed by atoms with Gasteiger partial charge in [-0.3, -0.25) is 4.79 Å². The van der Waals surface area contributed by atoms with Gasteiger partial charge in [-0.25, -0.2) is 4.79 Å². The second-order valence-electron chi connectivity index (χ2n) is 6.94. The van der Waals surface area contributed by atoms with Crippen LogP contribution in [0.1, 0.15) is 22.8 Å². The first-order chi connectivity index (χ1) is 15.1. The predicted octanol–water partition coefficient (Wildman–Crippen LogP) is 6.69. The van der Waals surface area contributed by atoms with Crippen molar-refractivity contribution in [2.45, 2.75) is 13.3 Å². The van der Waals surface area contributed by atoms with Crippen molar-refractivity contribution in [3.05, 3.63) is 87.7 Å². The van der Waals surface area contributed by atoms with E-state index in [1.54, 1.807) is 6.92 Å². The number of esters is 1. The summed E-state index contributed by atoms with van der Waals surface area (Å²) < 4.78 is 6.23. The van der Waals surface area contributed by atoms with E-state index in [0.717, 1.165) is 31.9 Å². The third-order valence-corrected chi connectivity index (χ3v) is 6.33. The number of benzene rings is 3. The fraction of sp³-hybridized carbons (Fsp3) is 0.120. The van der Waals surface area contributed by atoms with Gasteiger partial charge in [0.1, 0.15) is 10.6 Å². The third-order valence-electron chi connectivity index (χ3n) is 4.91. The number of hydrogen-bond acceptors (Lipinski definition) is 4. The number of halogens is 1. The molecule has 0 aliphatic heterocycles. The SMILES string of the molecule is CCOC(=O)c1c(-c2ccc(Br)cc2)csc1NC(=O)Cc1cccc2ccccc12. The summed E-state index contributed by atoms with van der Waals surface area (Å²) in [7, 11) is 0. The van der Waals surface area contributed by atoms with Gasteiger partial charge < -0.3 is 10.1 Å². The number of fused-ring (bicyclic) bond motifs is 1. The first-order valence-electron chi connectivity index (χ1n) is 9.88. The van der Waals surface area contributed by atoms with Crippen LogP contribution in [0.2, 0.25) is 0 Å². The van der Waals surface area contributed by atoms with E-state index in [9.17, 15) is 9.59 Å². The lowest BCUT2D eigenvalue weighted by molar-refractivity contribution is -0.115. The number of carbonyl (C=O) groups excluding carboxylic acids is 2. The number of carbonyl (C=O) groups is 2. The third kappa shape index (κ3) is 4.70. The Bertz CT molecular complexity index is 1240. The number of thiophene rings is 1. The minimum Gasteiger partial charge on any atom is -0.462 e. The number of amides is 1. The molecule has 1 heterocycles. The number of nitrogens with one attached hydrogen (secondary N) is 1. The Hall–Kier alpha value is -2.96. The van der Waals surface area contributed by atoms with E-state index >= 15 is 0 Å². The second kappa shape index (κ2) is 9.45. The molecule has 0 atom stereocenters. The molecule has 0 aliphatic rings. The molecule has 0 saturated carbocycles. The highest BCUT2D eigenvalue weighted by Crippen LogP contribution is 2.37. The van der Waals surface area contributed by atoms with Crippen molar-refractivity contribution < 1.29 is 14.3 Å². The van der Waals surface area contributed by atoms with Crippen LogP contribution in [0.15, 0.2) is 76.6 Å². The van der Waals surface area contributed by atoms with Gasteiger partial charge in [-0.05, 0) is 41.0 Å². The predicted molar refractivity (Wildman–Crippen MR) is 130 cm³/mol. The van der Waals surface area contributed by atoms with E-state index in [0.29, 0.717) is 10.6 Å². The van der Waals surface area contributed by atoms with Gasteiger partial charge in [0, 0.05) is 15.4 Å². The van der Waals surface area contributed by atoms with Crippen LogP contribution in [0, 0.1) is 0 Å². The van der Waals surface area contributed by atoms with Crippen molar-refractivity contribution in [3.8, 4) is 11.1 Å². The van der Waals surface area contributed by atoms with Crippen molar-refractivity contribution in [2.75, 3.05) is 11.9 Å². The molecule has 31 heavy (non-hydrogen) atoms. The molecule has 0 bridgehead atoms. The van der Waals surface area contributed by atoms with Crippen LogP contribution in [-0.4, -0.2) is 18.5 Å². The maximum atomic E-state index is 12.9. The van der Waals surface area contributed by atoms with Gasteiger partial charge in [0.25, 0.3) is 0 Å². The zero-order chi connectivity index (χ0) is 21.8. The Morgan fingerprint density at radius 3 is 2.52 bits per heavy atom. The van der Waals surface area contributed by atoms with E-state index in [-0.39, 0.29) is 18.9 Å². The van der Waals surface area contributed by atoms with Gasteiger partial charge >= 0.3 is 5.97 Å². The van der Waals surface area contributed by atoms with Crippen molar-refractivity contribution in [2.24, 2.45) is 0 Å². The molecule has 0 fully saturated rings. The van der Waals surface area contributed by atoms with E-state index in [1.807, 2.05) is 72.1 Å². The van der Waals surface area contributed by atoms with Crippen LogP contribution in [0.5, 0.6) is 0 Å². The lowest BCUT2D eigenvalue weighted by atomic mass is 10.0. The Morgan fingerprint density at radius 1 is 1.00 bits per heavy atom. The van der Waals surface area contributed by atoms with Crippen LogP contribution in [-0.2, 0) is 16.0 Å². The summed E-state index contributed by atoms with van der Waals surface area (Å²) in [5, 5.41) is 7.45. The molecule has 0 saturated heterocycles. The molecule has 4 aromatic rings. The first kappa shape index (κ1) is 21.3. The maximum absolute atomic E-state index is 12.9. The smallest absolute Gasteiger partial charge is 0.341 e. The van der Waals surface area contributed by atoms with Gasteiger partial charge in [-0.2, -0.15) is 0 Å². The van der Waals surface area contributed by atoms with Gasteiger partial charge in [0.05, 0.1) is 13.0 Å². The molecule has 3 aromatic carbocycles. The maximum Gasteiger partial charge on any atom is 0.341 e. The largest absolute Gasteiger partial charge is 0.462 e. The molecule has 6 heteroatoms. The Balaban J connectivity index is 1.63. The second-order valence-corrected chi connectivity index (χ2v) is 8.74. The van der Waals surface area contributed by atoms with Crippen molar-refractivity contribution >= 4 is 54.9 Å². The fourth-order valence-corrected chi connectivity index (χ4v) is 4.73. The molecule has 0 aliphatic carbocycles. The summed E-state index contributed by atoms with van der Waals surface area (Å²) in [6, 6.07) is 21.6. The monoisotopic (exact) mass is 493 g/mol. The number of ether oxygens (including phenoxy) is 1. The molecular formula is C25H20BrNO3S. The Kier molecular flexibility index (Phi) is 6.49. The highest BCUT2D eigenvalue weighted by Gasteiger charge is 2.23. The summed E-state index contributed by atoms with van der Waals surface area (Å²) in [4.78, 5) is 25.6.